The molecule has 1 rings (SSSR count). The number of hydrogen-bond acceptors (Lipinski definition) is 2. The second kappa shape index (κ2) is 2.78. The van der Waals surface area contributed by atoms with Crippen molar-refractivity contribution in [1.29, 1.82) is 0 Å². The third-order valence-electron chi connectivity index (χ3n) is 1.05. The van der Waals surface area contributed by atoms with Gasteiger partial charge in [0.25, 0.3) is 0 Å². The van der Waals surface area contributed by atoms with E-state index in [2.05, 4.69) is 9.97 Å². The van der Waals surface area contributed by atoms with E-state index in [1.807, 2.05) is 13.0 Å². The van der Waals surface area contributed by atoms with E-state index in [1.165, 1.54) is 0 Å². The van der Waals surface area contributed by atoms with Crippen molar-refractivity contribution < 1.29 is 0 Å². The van der Waals surface area contributed by atoms with Crippen LogP contribution in [0.2, 0.25) is 5.28 Å². The Hall–Kier alpha value is -0.630. The molecule has 0 aliphatic heterocycles. The summed E-state index contributed by atoms with van der Waals surface area (Å²) < 4.78 is 0. The molecule has 0 radical (unpaired) electrons. The van der Waals surface area contributed by atoms with Crippen molar-refractivity contribution in [2.24, 2.45) is 0 Å². The van der Waals surface area contributed by atoms with Crippen LogP contribution in [0, 0.1) is 0 Å². The normalized spacial score (nSPS) is 9.56. The molecule has 0 aliphatic carbocycles. The van der Waals surface area contributed by atoms with Crippen molar-refractivity contribution >= 4 is 11.6 Å². The first-order valence-corrected chi connectivity index (χ1v) is 3.18. The number of aryl methyl sites for hydroxylation is 1. The molecule has 0 saturated heterocycles. The van der Waals surface area contributed by atoms with Gasteiger partial charge < -0.3 is 0 Å². The van der Waals surface area contributed by atoms with Crippen LogP contribution in [-0.2, 0) is 6.42 Å². The zero-order valence-electron chi connectivity index (χ0n) is 5.13. The molecule has 1 heterocycles. The van der Waals surface area contributed by atoms with Crippen LogP contribution in [0.15, 0.2) is 12.3 Å². The molecule has 0 spiro atoms. The molecule has 0 saturated carbocycles. The first kappa shape index (κ1) is 6.49. The Labute approximate surface area is 58.9 Å². The van der Waals surface area contributed by atoms with E-state index in [4.69, 9.17) is 11.6 Å². The predicted octanol–water partition coefficient (Wildman–Crippen LogP) is 1.69. The van der Waals surface area contributed by atoms with E-state index < -0.39 is 0 Å². The summed E-state index contributed by atoms with van der Waals surface area (Å²) in [6.07, 6.45) is 2.57. The van der Waals surface area contributed by atoms with E-state index in [0.717, 1.165) is 12.1 Å². The maximum absolute atomic E-state index is 5.50. The minimum Gasteiger partial charge on any atom is -0.227 e. The summed E-state index contributed by atoms with van der Waals surface area (Å²) in [7, 11) is 0. The average molecular weight is 143 g/mol. The molecule has 0 aromatic carbocycles. The summed E-state index contributed by atoms with van der Waals surface area (Å²) >= 11 is 5.50. The lowest BCUT2D eigenvalue weighted by molar-refractivity contribution is 0.999. The number of rotatable bonds is 1. The molecule has 3 heteroatoms. The summed E-state index contributed by atoms with van der Waals surface area (Å²) in [5.74, 6) is 0. The molecule has 0 atom stereocenters. The van der Waals surface area contributed by atoms with Crippen molar-refractivity contribution in [1.82, 2.24) is 9.97 Å². The van der Waals surface area contributed by atoms with Gasteiger partial charge in [-0.25, -0.2) is 9.97 Å². The average Bonchev–Trinajstić information content (AvgIpc) is 1.88. The second-order valence-electron chi connectivity index (χ2n) is 1.67. The van der Waals surface area contributed by atoms with Gasteiger partial charge in [-0.1, -0.05) is 6.92 Å². The fraction of sp³-hybridized carbons (Fsp3) is 0.333. The SMILES string of the molecule is CCc1ccnc(Cl)n1. The van der Waals surface area contributed by atoms with E-state index >= 15 is 0 Å². The Balaban J connectivity index is 2.94. The topological polar surface area (TPSA) is 25.8 Å². The Morgan fingerprint density at radius 3 is 2.89 bits per heavy atom. The summed E-state index contributed by atoms with van der Waals surface area (Å²) in [6.45, 7) is 2.03. The molecule has 9 heavy (non-hydrogen) atoms. The summed E-state index contributed by atoms with van der Waals surface area (Å²) in [6, 6.07) is 1.85. The molecule has 0 aliphatic rings. The Morgan fingerprint density at radius 1 is 1.67 bits per heavy atom. The van der Waals surface area contributed by atoms with Crippen LogP contribution in [-0.4, -0.2) is 9.97 Å². The van der Waals surface area contributed by atoms with Crippen LogP contribution >= 0.6 is 11.6 Å². The summed E-state index contributed by atoms with van der Waals surface area (Å²) in [5.41, 5.74) is 0.981. The first-order valence-electron chi connectivity index (χ1n) is 2.80. The van der Waals surface area contributed by atoms with Gasteiger partial charge in [0.2, 0.25) is 5.28 Å². The predicted molar refractivity (Wildman–Crippen MR) is 36.4 cm³/mol. The number of aromatic nitrogens is 2. The van der Waals surface area contributed by atoms with Gasteiger partial charge in [0.05, 0.1) is 0 Å². The van der Waals surface area contributed by atoms with Gasteiger partial charge in [0.15, 0.2) is 0 Å². The first-order chi connectivity index (χ1) is 4.33. The Kier molecular flexibility index (Phi) is 2.01. The highest BCUT2D eigenvalue weighted by Crippen LogP contribution is 2.00. The van der Waals surface area contributed by atoms with E-state index in [1.54, 1.807) is 6.20 Å². The molecule has 0 fully saturated rings. The molecular formula is C6H7ClN2. The van der Waals surface area contributed by atoms with Crippen LogP contribution in [0.25, 0.3) is 0 Å². The van der Waals surface area contributed by atoms with Crippen molar-refractivity contribution in [3.05, 3.63) is 23.2 Å². The smallest absolute Gasteiger partial charge is 0.222 e. The second-order valence-corrected chi connectivity index (χ2v) is 2.01. The monoisotopic (exact) mass is 142 g/mol. The van der Waals surface area contributed by atoms with Crippen LogP contribution in [0.3, 0.4) is 0 Å². The molecular weight excluding hydrogens is 136 g/mol. The molecule has 0 unspecified atom stereocenters. The van der Waals surface area contributed by atoms with Crippen molar-refractivity contribution in [3.8, 4) is 0 Å². The minimum atomic E-state index is 0.328. The summed E-state index contributed by atoms with van der Waals surface area (Å²) in [5, 5.41) is 0.328. The van der Waals surface area contributed by atoms with Crippen molar-refractivity contribution in [2.75, 3.05) is 0 Å². The fourth-order valence-electron chi connectivity index (χ4n) is 0.566. The van der Waals surface area contributed by atoms with Crippen LogP contribution in [0.5, 0.6) is 0 Å². The van der Waals surface area contributed by atoms with Gasteiger partial charge in [-0.3, -0.25) is 0 Å². The fourth-order valence-corrected chi connectivity index (χ4v) is 0.731. The minimum absolute atomic E-state index is 0.328. The highest BCUT2D eigenvalue weighted by atomic mass is 35.5. The zero-order chi connectivity index (χ0) is 6.69. The van der Waals surface area contributed by atoms with E-state index in [9.17, 15) is 0 Å². The van der Waals surface area contributed by atoms with Crippen LogP contribution in [0.1, 0.15) is 12.6 Å². The molecule has 1 aromatic heterocycles. The van der Waals surface area contributed by atoms with Gasteiger partial charge in [-0.2, -0.15) is 0 Å². The van der Waals surface area contributed by atoms with Gasteiger partial charge in [-0.05, 0) is 24.1 Å². The van der Waals surface area contributed by atoms with Gasteiger partial charge in [-0.15, -0.1) is 0 Å². The number of hydrogen-bond donors (Lipinski definition) is 0. The van der Waals surface area contributed by atoms with E-state index in [0.29, 0.717) is 5.28 Å². The molecule has 48 valence electrons. The summed E-state index contributed by atoms with van der Waals surface area (Å²) in [4.78, 5) is 7.69. The number of nitrogens with zero attached hydrogens (tertiary/aromatic N) is 2. The molecule has 0 amide bonds. The molecule has 0 bridgehead atoms. The Bertz CT molecular complexity index is 200. The number of halogens is 1. The van der Waals surface area contributed by atoms with Crippen LogP contribution in [0.4, 0.5) is 0 Å². The quantitative estimate of drug-likeness (QED) is 0.558. The molecule has 2 nitrogen and oxygen atoms in total. The zero-order valence-corrected chi connectivity index (χ0v) is 5.89. The van der Waals surface area contributed by atoms with Gasteiger partial charge in [0, 0.05) is 11.9 Å². The van der Waals surface area contributed by atoms with Crippen LogP contribution < -0.4 is 0 Å². The molecule has 0 N–H and O–H groups in total. The van der Waals surface area contributed by atoms with Gasteiger partial charge in [0.1, 0.15) is 0 Å². The third-order valence-corrected chi connectivity index (χ3v) is 1.23. The largest absolute Gasteiger partial charge is 0.227 e. The molecule has 1 aromatic rings. The van der Waals surface area contributed by atoms with E-state index in [-0.39, 0.29) is 0 Å². The highest BCUT2D eigenvalue weighted by Gasteiger charge is 1.90. The third kappa shape index (κ3) is 1.64. The lowest BCUT2D eigenvalue weighted by atomic mass is 10.3. The van der Waals surface area contributed by atoms with Crippen molar-refractivity contribution in [2.45, 2.75) is 13.3 Å². The lowest BCUT2D eigenvalue weighted by Gasteiger charge is -1.91. The van der Waals surface area contributed by atoms with Gasteiger partial charge >= 0.3 is 0 Å². The Morgan fingerprint density at radius 2 is 2.44 bits per heavy atom. The maximum Gasteiger partial charge on any atom is 0.222 e. The lowest BCUT2D eigenvalue weighted by Crippen LogP contribution is -1.87. The van der Waals surface area contributed by atoms with Crippen molar-refractivity contribution in [3.63, 3.8) is 0 Å². The maximum atomic E-state index is 5.50. The highest BCUT2D eigenvalue weighted by molar-refractivity contribution is 6.28. The standard InChI is InChI=1S/C6H7ClN2/c1-2-5-3-4-8-6(7)9-5/h3-4H,2H2,1H3.